The smallest absolute Gasteiger partial charge is 0.286 e. The summed E-state index contributed by atoms with van der Waals surface area (Å²) in [6.45, 7) is 0.500. The van der Waals surface area contributed by atoms with E-state index in [1.165, 1.54) is 0 Å². The van der Waals surface area contributed by atoms with Crippen molar-refractivity contribution in [1.82, 2.24) is 10.7 Å². The maximum absolute atomic E-state index is 8.44. The fourth-order valence-electron chi connectivity index (χ4n) is 0.376. The Balaban J connectivity index is 3.43. The summed E-state index contributed by atoms with van der Waals surface area (Å²) in [5, 5.41) is 15.4. The molecule has 0 aromatic carbocycles. The van der Waals surface area contributed by atoms with Crippen molar-refractivity contribution in [3.8, 4) is 0 Å². The Bertz CT molecular complexity index is 170. The number of hydrogen-bond acceptors (Lipinski definition) is 3. The molecular weight excluding hydrogens is 307 g/mol. The minimum Gasteiger partial charge on any atom is -0.395 e. The van der Waals surface area contributed by atoms with Gasteiger partial charge in [-0.15, -0.1) is 22.4 Å². The Kier molecular flexibility index (Phi) is 8.53. The van der Waals surface area contributed by atoms with Crippen molar-refractivity contribution >= 4 is 59.2 Å². The van der Waals surface area contributed by atoms with Gasteiger partial charge in [0.1, 0.15) is 0 Å². The van der Waals surface area contributed by atoms with E-state index in [0.29, 0.717) is 11.7 Å². The van der Waals surface area contributed by atoms with Crippen LogP contribution in [0, 0.1) is 0 Å². The zero-order chi connectivity index (χ0) is 9.40. The van der Waals surface area contributed by atoms with Crippen LogP contribution in [0.5, 0.6) is 0 Å². The molecule has 0 aromatic rings. The summed E-state index contributed by atoms with van der Waals surface area (Å²) >= 11 is 7.00. The van der Waals surface area contributed by atoms with Gasteiger partial charge in [-0.05, 0) is 12.2 Å². The van der Waals surface area contributed by atoms with E-state index in [0.717, 1.165) is 0 Å². The van der Waals surface area contributed by atoms with E-state index in [9.17, 15) is 0 Å². The molecule has 68 valence electrons. The largest absolute Gasteiger partial charge is 0.395 e. The molecule has 0 aliphatic heterocycles. The zero-order valence-corrected chi connectivity index (χ0v) is 10.5. The number of halogens is 1. The van der Waals surface area contributed by atoms with E-state index in [2.05, 4.69) is 47.3 Å². The molecule has 3 N–H and O–H groups in total. The Morgan fingerprint density at radius 2 is 2.50 bits per heavy atom. The molecule has 0 rings (SSSR count). The first-order valence-electron chi connectivity index (χ1n) is 3.24. The molecule has 0 aliphatic rings. The van der Waals surface area contributed by atoms with Crippen molar-refractivity contribution in [2.45, 2.75) is 0 Å². The van der Waals surface area contributed by atoms with Crippen LogP contribution in [0.4, 0.5) is 0 Å². The Morgan fingerprint density at radius 1 is 1.83 bits per heavy atom. The highest BCUT2D eigenvalue weighted by Crippen LogP contribution is 1.98. The molecule has 0 heterocycles. The topological polar surface area (TPSA) is 56.6 Å². The molecule has 0 saturated heterocycles. The number of nitrogens with one attached hydrogen (secondary N) is 2. The monoisotopic (exact) mass is 317 g/mol. The predicted molar refractivity (Wildman–Crippen MR) is 68.8 cm³/mol. The van der Waals surface area contributed by atoms with Gasteiger partial charge < -0.3 is 10.4 Å². The molecule has 0 radical (unpaired) electrons. The fraction of sp³-hybridized carbons (Fsp3) is 0.500. The summed E-state index contributed by atoms with van der Waals surface area (Å²) in [5.41, 5.74) is 2.61. The van der Waals surface area contributed by atoms with Crippen molar-refractivity contribution in [3.05, 3.63) is 0 Å². The molecule has 0 saturated carbocycles. The number of thiocarbonyl (C=S) groups is 1. The van der Waals surface area contributed by atoms with Crippen LogP contribution in [0.25, 0.3) is 0 Å². The van der Waals surface area contributed by atoms with E-state index in [4.69, 9.17) is 17.3 Å². The van der Waals surface area contributed by atoms with Gasteiger partial charge in [0.05, 0.1) is 6.61 Å². The first-order chi connectivity index (χ1) is 5.66. The van der Waals surface area contributed by atoms with Crippen LogP contribution in [0.3, 0.4) is 0 Å². The summed E-state index contributed by atoms with van der Waals surface area (Å²) in [6.07, 6.45) is 1.71. The summed E-state index contributed by atoms with van der Waals surface area (Å²) < 4.78 is 0.288. The first kappa shape index (κ1) is 12.5. The molecule has 0 spiro atoms. The molecule has 0 aliphatic carbocycles. The minimum absolute atomic E-state index is 0.0596. The van der Waals surface area contributed by atoms with Gasteiger partial charge in [-0.3, -0.25) is 5.43 Å². The summed E-state index contributed by atoms with van der Waals surface area (Å²) in [6, 6.07) is 0. The van der Waals surface area contributed by atoms with Gasteiger partial charge >= 0.3 is 0 Å². The average Bonchev–Trinajstić information content (AvgIpc) is 2.00. The maximum Gasteiger partial charge on any atom is 0.286 e. The molecule has 0 fully saturated rings. The minimum atomic E-state index is 0.0596. The molecule has 0 bridgehead atoms. The number of hydrogen-bond donors (Lipinski definition) is 3. The third-order valence-corrected chi connectivity index (χ3v) is 1.51. The van der Waals surface area contributed by atoms with Crippen LogP contribution < -0.4 is 10.7 Å². The lowest BCUT2D eigenvalue weighted by molar-refractivity contribution is 0.300. The highest BCUT2D eigenvalue weighted by Gasteiger charge is 1.94. The van der Waals surface area contributed by atoms with Gasteiger partial charge in [-0.2, -0.15) is 14.2 Å². The van der Waals surface area contributed by atoms with Gasteiger partial charge in [-0.25, -0.2) is 0 Å². The Hall–Kier alpha value is 0.545. The van der Waals surface area contributed by atoms with Crippen LogP contribution >= 0.6 is 43.7 Å². The molecule has 12 heavy (non-hydrogen) atoms. The summed E-state index contributed by atoms with van der Waals surface area (Å²) in [4.78, 5) is 0. The lowest BCUT2D eigenvalue weighted by Gasteiger charge is -2.03. The van der Waals surface area contributed by atoms with E-state index < -0.39 is 0 Å². The molecule has 1 atom stereocenters. The third-order valence-electron chi connectivity index (χ3n) is 0.780. The first-order valence-corrected chi connectivity index (χ1v) is 5.56. The predicted octanol–water partition coefficient (Wildman–Crippen LogP) is -0.234. The van der Waals surface area contributed by atoms with Crippen LogP contribution in [-0.2, 0) is 0 Å². The van der Waals surface area contributed by atoms with Crippen molar-refractivity contribution in [1.29, 1.82) is 0 Å². The lowest BCUT2D eigenvalue weighted by Crippen LogP contribution is -2.34. The fourth-order valence-corrected chi connectivity index (χ4v) is 0.778. The molecular formula is C4H10BIN3OPS. The second-order valence-corrected chi connectivity index (χ2v) is 5.74. The number of hydrazone groups is 1. The summed E-state index contributed by atoms with van der Waals surface area (Å²) in [7, 11) is 2.57. The number of nitrogens with zero attached hydrogens (tertiary/aromatic N) is 1. The van der Waals surface area contributed by atoms with Crippen LogP contribution in [0.1, 0.15) is 0 Å². The normalized spacial score (nSPS) is 9.92. The lowest BCUT2D eigenvalue weighted by atomic mass is 10.2. The maximum atomic E-state index is 8.44. The van der Waals surface area contributed by atoms with Crippen molar-refractivity contribution in [2.75, 3.05) is 13.2 Å². The molecule has 0 amide bonds. The van der Waals surface area contributed by atoms with E-state index in [1.807, 2.05) is 0 Å². The molecule has 4 nitrogen and oxygen atoms in total. The van der Waals surface area contributed by atoms with Gasteiger partial charge in [0.15, 0.2) is 5.11 Å². The number of rotatable bonds is 4. The zero-order valence-electron chi connectivity index (χ0n) is 6.33. The van der Waals surface area contributed by atoms with Crippen LogP contribution in [0.15, 0.2) is 5.10 Å². The van der Waals surface area contributed by atoms with E-state index >= 15 is 0 Å². The van der Waals surface area contributed by atoms with Gasteiger partial charge in [0, 0.05) is 12.7 Å². The second-order valence-electron chi connectivity index (χ2n) is 1.81. The highest BCUT2D eigenvalue weighted by atomic mass is 127. The number of aliphatic hydroxyl groups excluding tert-OH is 1. The van der Waals surface area contributed by atoms with Gasteiger partial charge in [0.2, 0.25) is 0 Å². The van der Waals surface area contributed by atoms with Crippen LogP contribution in [0.2, 0.25) is 0 Å². The van der Waals surface area contributed by atoms with Crippen molar-refractivity contribution in [3.63, 3.8) is 0 Å². The van der Waals surface area contributed by atoms with E-state index in [1.54, 1.807) is 6.11 Å². The average molecular weight is 317 g/mol. The quantitative estimate of drug-likeness (QED) is 0.167. The Labute approximate surface area is 93.1 Å². The molecule has 1 unspecified atom stereocenters. The van der Waals surface area contributed by atoms with Gasteiger partial charge in [-0.1, -0.05) is 0 Å². The standard InChI is InChI=1S/C4H10BIN3OPS/c6-5(11)3-8-9-4(12)7-1-2-10/h3,10H,1-2,11H2,(H2,7,9,12). The highest BCUT2D eigenvalue weighted by molar-refractivity contribution is 14.1. The Morgan fingerprint density at radius 3 is 3.00 bits per heavy atom. The second kappa shape index (κ2) is 8.16. The van der Waals surface area contributed by atoms with E-state index in [-0.39, 0.29) is 10.9 Å². The van der Waals surface area contributed by atoms with Crippen LogP contribution in [-0.4, -0.2) is 33.8 Å². The van der Waals surface area contributed by atoms with Crippen molar-refractivity contribution < 1.29 is 5.11 Å². The molecule has 8 heteroatoms. The van der Waals surface area contributed by atoms with Crippen molar-refractivity contribution in [2.24, 2.45) is 5.10 Å². The molecule has 0 aromatic heterocycles. The summed E-state index contributed by atoms with van der Waals surface area (Å²) in [5.74, 6) is 0. The van der Waals surface area contributed by atoms with Gasteiger partial charge in [0.25, 0.3) is 4.29 Å². The number of aliphatic hydroxyl groups is 1. The third kappa shape index (κ3) is 8.64. The SMILES string of the molecule is OCCNC(=S)NN=CB(P)I.